The summed E-state index contributed by atoms with van der Waals surface area (Å²) in [5.74, 6) is 0. The van der Waals surface area contributed by atoms with Gasteiger partial charge in [-0.25, -0.2) is 0 Å². The summed E-state index contributed by atoms with van der Waals surface area (Å²) < 4.78 is 11.0. The molecule has 1 aromatic carbocycles. The molecule has 0 aliphatic heterocycles. The van der Waals surface area contributed by atoms with Crippen molar-refractivity contribution in [2.45, 2.75) is 6.92 Å². The molecule has 0 radical (unpaired) electrons. The second-order valence-corrected chi connectivity index (χ2v) is 5.90. The first kappa shape index (κ1) is 9.51. The van der Waals surface area contributed by atoms with Gasteiger partial charge in [-0.15, -0.1) is 0 Å². The fourth-order valence-electron chi connectivity index (χ4n) is 0.884. The molecule has 0 saturated heterocycles. The van der Waals surface area contributed by atoms with Gasteiger partial charge in [-0.3, -0.25) is 0 Å². The number of hydrogen-bond acceptors (Lipinski definition) is 0. The summed E-state index contributed by atoms with van der Waals surface area (Å²) >= 11 is -0.000917. The van der Waals surface area contributed by atoms with Crippen molar-refractivity contribution in [3.63, 3.8) is 0 Å². The normalized spacial score (nSPS) is 9.91. The molecule has 0 aromatic heterocycles. The molecular formula is C9H10I2. The van der Waals surface area contributed by atoms with Crippen molar-refractivity contribution in [3.05, 3.63) is 30.9 Å². The Morgan fingerprint density at radius 2 is 1.91 bits per heavy atom. The largest absolute Gasteiger partial charge is 0.0925 e. The van der Waals surface area contributed by atoms with Gasteiger partial charge >= 0.3 is 0 Å². The fraction of sp³-hybridized carbons (Fsp3) is 0.111. The number of halogens is 2. The van der Waals surface area contributed by atoms with Crippen molar-refractivity contribution in [1.82, 2.24) is 0 Å². The van der Waals surface area contributed by atoms with E-state index in [1.807, 2.05) is 0 Å². The highest BCUT2D eigenvalue weighted by Gasteiger charge is 1.97. The summed E-state index contributed by atoms with van der Waals surface area (Å²) in [6.07, 6.45) is 0. The smallest absolute Gasteiger partial charge is 0.0230 e. The SMILES string of the molecule is C=Ic1cccc(C)c1I=C. The molecule has 0 bridgehead atoms. The third kappa shape index (κ3) is 2.18. The molecule has 0 nitrogen and oxygen atoms in total. The number of rotatable bonds is 2. The Morgan fingerprint density at radius 3 is 2.36 bits per heavy atom. The van der Waals surface area contributed by atoms with Crippen molar-refractivity contribution in [2.75, 3.05) is 0 Å². The van der Waals surface area contributed by atoms with E-state index in [4.69, 9.17) is 0 Å². The molecule has 0 N–H and O–H groups in total. The topological polar surface area (TPSA) is 0 Å². The summed E-state index contributed by atoms with van der Waals surface area (Å²) in [7, 11) is 0. The lowest BCUT2D eigenvalue weighted by atomic mass is 10.2. The fourth-order valence-corrected chi connectivity index (χ4v) is 5.37. The summed E-state index contributed by atoms with van der Waals surface area (Å²) in [6, 6.07) is 6.50. The van der Waals surface area contributed by atoms with Crippen LogP contribution in [0.3, 0.4) is 0 Å². The quantitative estimate of drug-likeness (QED) is 0.700. The summed E-state index contributed by atoms with van der Waals surface area (Å²) in [4.78, 5) is 0. The lowest BCUT2D eigenvalue weighted by Crippen LogP contribution is -1.84. The minimum Gasteiger partial charge on any atom is -0.0925 e. The average Bonchev–Trinajstić information content (AvgIpc) is 2.04. The van der Waals surface area contributed by atoms with Crippen LogP contribution in [0.5, 0.6) is 0 Å². The van der Waals surface area contributed by atoms with E-state index in [1.54, 1.807) is 0 Å². The Bertz CT molecular complexity index is 290. The number of aryl methyl sites for hydroxylation is 1. The maximum absolute atomic E-state index is 4.03. The standard InChI is InChI=1S/C9H10I2/c1-7-5-4-6-8(10-2)9(7)11-3/h4-6H,2-3H2,1H3. The van der Waals surface area contributed by atoms with Crippen LogP contribution in [-0.4, -0.2) is 9.03 Å². The number of benzene rings is 1. The molecule has 11 heavy (non-hydrogen) atoms. The second-order valence-electron chi connectivity index (χ2n) is 2.14. The van der Waals surface area contributed by atoms with E-state index in [0.717, 1.165) is 0 Å². The molecule has 0 aliphatic rings. The van der Waals surface area contributed by atoms with Gasteiger partial charge in [0.05, 0.1) is 0 Å². The van der Waals surface area contributed by atoms with Gasteiger partial charge < -0.3 is 0 Å². The van der Waals surface area contributed by atoms with Crippen LogP contribution in [0.1, 0.15) is 5.56 Å². The third-order valence-electron chi connectivity index (χ3n) is 1.42. The van der Waals surface area contributed by atoms with Gasteiger partial charge in [0.25, 0.3) is 0 Å². The summed E-state index contributed by atoms with van der Waals surface area (Å²) in [5.41, 5.74) is 1.41. The van der Waals surface area contributed by atoms with Crippen molar-refractivity contribution in [2.24, 2.45) is 0 Å². The van der Waals surface area contributed by atoms with E-state index < -0.39 is 0 Å². The highest BCUT2D eigenvalue weighted by atomic mass is 127. The molecule has 60 valence electrons. The molecule has 0 fully saturated rings. The van der Waals surface area contributed by atoms with E-state index >= 15 is 0 Å². The zero-order chi connectivity index (χ0) is 8.27. The van der Waals surface area contributed by atoms with E-state index in [0.29, 0.717) is 0 Å². The zero-order valence-electron chi connectivity index (χ0n) is 6.40. The predicted octanol–water partition coefficient (Wildman–Crippen LogP) is 3.14. The maximum atomic E-state index is 4.03. The molecule has 0 spiro atoms. The van der Waals surface area contributed by atoms with Crippen LogP contribution in [0.2, 0.25) is 0 Å². The first-order valence-electron chi connectivity index (χ1n) is 3.16. The van der Waals surface area contributed by atoms with E-state index in [2.05, 4.69) is 34.2 Å². The van der Waals surface area contributed by atoms with Gasteiger partial charge in [0.15, 0.2) is 0 Å². The van der Waals surface area contributed by atoms with Crippen LogP contribution >= 0.6 is 41.5 Å². The van der Waals surface area contributed by atoms with E-state index in [9.17, 15) is 0 Å². The summed E-state index contributed by atoms with van der Waals surface area (Å²) in [6.45, 7) is 2.17. The first-order chi connectivity index (χ1) is 5.29. The monoisotopic (exact) mass is 372 g/mol. The molecule has 0 unspecified atom stereocenters. The second kappa shape index (κ2) is 4.45. The van der Waals surface area contributed by atoms with Gasteiger partial charge in [0.1, 0.15) is 0 Å². The first-order valence-corrected chi connectivity index (χ1v) is 8.37. The van der Waals surface area contributed by atoms with Crippen LogP contribution in [0.4, 0.5) is 0 Å². The van der Waals surface area contributed by atoms with Gasteiger partial charge in [0, 0.05) is 7.14 Å². The molecule has 0 amide bonds. The lowest BCUT2D eigenvalue weighted by Gasteiger charge is -2.01. The third-order valence-corrected chi connectivity index (χ3v) is 6.37. The average molecular weight is 372 g/mol. The minimum atomic E-state index is -0.00293. The van der Waals surface area contributed by atoms with Gasteiger partial charge in [-0.1, -0.05) is 62.6 Å². The van der Waals surface area contributed by atoms with E-state index in [1.165, 1.54) is 12.7 Å². The Kier molecular flexibility index (Phi) is 3.84. The maximum Gasteiger partial charge on any atom is 0.0230 e. The lowest BCUT2D eigenvalue weighted by molar-refractivity contribution is 1.40. The van der Waals surface area contributed by atoms with Crippen LogP contribution in [0.25, 0.3) is 0 Å². The van der Waals surface area contributed by atoms with Crippen molar-refractivity contribution in [1.29, 1.82) is 0 Å². The highest BCUT2D eigenvalue weighted by molar-refractivity contribution is 14.2. The summed E-state index contributed by atoms with van der Waals surface area (Å²) in [5, 5.41) is 0. The van der Waals surface area contributed by atoms with Crippen LogP contribution in [0.15, 0.2) is 18.2 Å². The Balaban J connectivity index is 3.35. The van der Waals surface area contributed by atoms with Gasteiger partial charge in [-0.2, -0.15) is 0 Å². The molecular weight excluding hydrogens is 362 g/mol. The van der Waals surface area contributed by atoms with Crippen molar-refractivity contribution < 1.29 is 0 Å². The molecule has 0 heterocycles. The highest BCUT2D eigenvalue weighted by Crippen LogP contribution is 2.23. The minimum absolute atomic E-state index is 0.00201. The van der Waals surface area contributed by atoms with E-state index in [-0.39, 0.29) is 41.5 Å². The van der Waals surface area contributed by atoms with Crippen molar-refractivity contribution in [3.8, 4) is 0 Å². The van der Waals surface area contributed by atoms with Gasteiger partial charge in [-0.05, 0) is 18.6 Å². The molecule has 0 atom stereocenters. The van der Waals surface area contributed by atoms with Crippen LogP contribution in [-0.2, 0) is 0 Å². The van der Waals surface area contributed by atoms with Gasteiger partial charge in [0.2, 0.25) is 0 Å². The molecule has 0 aliphatic carbocycles. The van der Waals surface area contributed by atoms with Crippen LogP contribution in [0, 0.1) is 14.1 Å². The number of hydrogen-bond donors (Lipinski definition) is 0. The van der Waals surface area contributed by atoms with Crippen LogP contribution < -0.4 is 0 Å². The molecule has 0 saturated carbocycles. The zero-order valence-corrected chi connectivity index (χ0v) is 10.7. The predicted molar refractivity (Wildman–Crippen MR) is 70.9 cm³/mol. The van der Waals surface area contributed by atoms with Crippen molar-refractivity contribution >= 4 is 50.5 Å². The Labute approximate surface area is 87.5 Å². The molecule has 1 rings (SSSR count). The Hall–Kier alpha value is 0.420. The molecule has 1 aromatic rings. The molecule has 2 heteroatoms. The Morgan fingerprint density at radius 1 is 1.18 bits per heavy atom.